The van der Waals surface area contributed by atoms with E-state index in [9.17, 15) is 30.7 Å². The van der Waals surface area contributed by atoms with Gasteiger partial charge in [0.25, 0.3) is 0 Å². The molecule has 0 aliphatic carbocycles. The molecule has 0 aliphatic heterocycles. The SMILES string of the molecule is OC(C(F)C(F)(F)F)C(F)(F)F. The maximum Gasteiger partial charge on any atom is 0.422 e. The second-order valence-electron chi connectivity index (χ2n) is 1.93. The monoisotopic (exact) mass is 200 g/mol. The van der Waals surface area contributed by atoms with E-state index < -0.39 is 24.6 Å². The van der Waals surface area contributed by atoms with Gasteiger partial charge >= 0.3 is 12.4 Å². The number of aliphatic hydroxyl groups is 1. The summed E-state index contributed by atoms with van der Waals surface area (Å²) in [5.41, 5.74) is 0. The van der Waals surface area contributed by atoms with E-state index in [1.807, 2.05) is 0 Å². The summed E-state index contributed by atoms with van der Waals surface area (Å²) in [6, 6.07) is 0. The first-order valence-electron chi connectivity index (χ1n) is 2.52. The Morgan fingerprint density at radius 1 is 0.833 bits per heavy atom. The predicted octanol–water partition coefficient (Wildman–Crippen LogP) is 1.81. The van der Waals surface area contributed by atoms with E-state index in [0.717, 1.165) is 0 Å². The first kappa shape index (κ1) is 11.5. The average Bonchev–Trinajstić information content (AvgIpc) is 1.80. The highest BCUT2D eigenvalue weighted by Crippen LogP contribution is 2.32. The van der Waals surface area contributed by atoms with E-state index in [0.29, 0.717) is 0 Å². The Hall–Kier alpha value is -0.530. The van der Waals surface area contributed by atoms with Gasteiger partial charge in [0.1, 0.15) is 0 Å². The van der Waals surface area contributed by atoms with Crippen LogP contribution in [0, 0.1) is 0 Å². The molecule has 2 unspecified atom stereocenters. The summed E-state index contributed by atoms with van der Waals surface area (Å²) in [7, 11) is 0. The van der Waals surface area contributed by atoms with Crippen molar-refractivity contribution in [1.82, 2.24) is 0 Å². The van der Waals surface area contributed by atoms with Crippen molar-refractivity contribution in [2.45, 2.75) is 24.6 Å². The van der Waals surface area contributed by atoms with Crippen LogP contribution in [-0.2, 0) is 0 Å². The van der Waals surface area contributed by atoms with Gasteiger partial charge < -0.3 is 5.11 Å². The van der Waals surface area contributed by atoms with Crippen molar-refractivity contribution >= 4 is 0 Å². The third kappa shape index (κ3) is 2.84. The second kappa shape index (κ2) is 3.08. The molecule has 12 heavy (non-hydrogen) atoms. The van der Waals surface area contributed by atoms with E-state index in [-0.39, 0.29) is 0 Å². The van der Waals surface area contributed by atoms with Crippen molar-refractivity contribution in [2.24, 2.45) is 0 Å². The Balaban J connectivity index is 4.41. The van der Waals surface area contributed by atoms with Gasteiger partial charge in [0.2, 0.25) is 6.17 Å². The van der Waals surface area contributed by atoms with Crippen molar-refractivity contribution in [3.8, 4) is 0 Å². The van der Waals surface area contributed by atoms with Crippen LogP contribution in [-0.4, -0.2) is 29.7 Å². The summed E-state index contributed by atoms with van der Waals surface area (Å²) in [5, 5.41) is 7.77. The van der Waals surface area contributed by atoms with Gasteiger partial charge in [-0.3, -0.25) is 0 Å². The molecule has 74 valence electrons. The van der Waals surface area contributed by atoms with Crippen molar-refractivity contribution in [2.75, 3.05) is 0 Å². The molecule has 0 amide bonds. The zero-order valence-corrected chi connectivity index (χ0v) is 5.25. The number of alkyl halides is 7. The minimum Gasteiger partial charge on any atom is -0.381 e. The molecule has 0 saturated carbocycles. The normalized spacial score (nSPS) is 19.0. The highest BCUT2D eigenvalue weighted by molar-refractivity contribution is 4.80. The van der Waals surface area contributed by atoms with E-state index in [1.165, 1.54) is 0 Å². The Morgan fingerprint density at radius 3 is 1.25 bits per heavy atom. The number of halogens is 7. The fourth-order valence-corrected chi connectivity index (χ4v) is 0.345. The fraction of sp³-hybridized carbons (Fsp3) is 1.00. The first-order chi connectivity index (χ1) is 5.07. The third-order valence-corrected chi connectivity index (χ3v) is 0.925. The molecular formula is C4H3F7O. The fourth-order valence-electron chi connectivity index (χ4n) is 0.345. The number of rotatable bonds is 1. The van der Waals surface area contributed by atoms with Gasteiger partial charge in [-0.25, -0.2) is 4.39 Å². The molecule has 0 aliphatic rings. The molecule has 0 aromatic carbocycles. The van der Waals surface area contributed by atoms with Crippen LogP contribution < -0.4 is 0 Å². The number of hydrogen-bond donors (Lipinski definition) is 1. The third-order valence-electron chi connectivity index (χ3n) is 0.925. The van der Waals surface area contributed by atoms with Crippen LogP contribution in [0.4, 0.5) is 30.7 Å². The van der Waals surface area contributed by atoms with Gasteiger partial charge in [0, 0.05) is 0 Å². The average molecular weight is 200 g/mol. The first-order valence-corrected chi connectivity index (χ1v) is 2.52. The molecule has 2 atom stereocenters. The van der Waals surface area contributed by atoms with Crippen LogP contribution in [0.15, 0.2) is 0 Å². The lowest BCUT2D eigenvalue weighted by Gasteiger charge is -2.20. The molecule has 0 radical (unpaired) electrons. The zero-order chi connectivity index (χ0) is 10.2. The lowest BCUT2D eigenvalue weighted by molar-refractivity contribution is -0.276. The maximum atomic E-state index is 11.7. The minimum atomic E-state index is -5.70. The summed E-state index contributed by atoms with van der Waals surface area (Å²) in [6.45, 7) is 0. The summed E-state index contributed by atoms with van der Waals surface area (Å²) < 4.78 is 79.0. The second-order valence-corrected chi connectivity index (χ2v) is 1.93. The van der Waals surface area contributed by atoms with Gasteiger partial charge in [-0.1, -0.05) is 0 Å². The molecular weight excluding hydrogens is 197 g/mol. The molecule has 8 heteroatoms. The molecule has 1 nitrogen and oxygen atoms in total. The molecule has 0 rings (SSSR count). The van der Waals surface area contributed by atoms with Crippen molar-refractivity contribution in [3.05, 3.63) is 0 Å². The quantitative estimate of drug-likeness (QED) is 0.640. The molecule has 0 fully saturated rings. The van der Waals surface area contributed by atoms with E-state index in [1.54, 1.807) is 0 Å². The van der Waals surface area contributed by atoms with E-state index >= 15 is 0 Å². The summed E-state index contributed by atoms with van der Waals surface area (Å²) in [4.78, 5) is 0. The minimum absolute atomic E-state index is 4.02. The highest BCUT2D eigenvalue weighted by Gasteiger charge is 2.55. The smallest absolute Gasteiger partial charge is 0.381 e. The Morgan fingerprint density at radius 2 is 1.17 bits per heavy atom. The molecule has 0 bridgehead atoms. The van der Waals surface area contributed by atoms with E-state index in [2.05, 4.69) is 0 Å². The van der Waals surface area contributed by atoms with Gasteiger partial charge in [-0.15, -0.1) is 0 Å². The Labute approximate surface area is 61.8 Å². The highest BCUT2D eigenvalue weighted by atomic mass is 19.4. The van der Waals surface area contributed by atoms with Crippen LogP contribution in [0.5, 0.6) is 0 Å². The molecule has 0 spiro atoms. The predicted molar refractivity (Wildman–Crippen MR) is 23.0 cm³/mol. The molecule has 0 aromatic rings. The number of hydrogen-bond acceptors (Lipinski definition) is 1. The van der Waals surface area contributed by atoms with Crippen LogP contribution in [0.2, 0.25) is 0 Å². The van der Waals surface area contributed by atoms with Crippen LogP contribution in [0.3, 0.4) is 0 Å². The van der Waals surface area contributed by atoms with Crippen molar-refractivity contribution in [3.63, 3.8) is 0 Å². The van der Waals surface area contributed by atoms with Gasteiger partial charge in [-0.2, -0.15) is 26.3 Å². The maximum absolute atomic E-state index is 11.7. The summed E-state index contributed by atoms with van der Waals surface area (Å²) >= 11 is 0. The lowest BCUT2D eigenvalue weighted by atomic mass is 10.2. The largest absolute Gasteiger partial charge is 0.422 e. The molecule has 0 saturated heterocycles. The standard InChI is InChI=1S/C4H3F7O/c5-1(3(6,7)8)2(12)4(9,10)11/h1-2,12H. The molecule has 0 aromatic heterocycles. The van der Waals surface area contributed by atoms with Crippen molar-refractivity contribution in [1.29, 1.82) is 0 Å². The lowest BCUT2D eigenvalue weighted by Crippen LogP contribution is -2.45. The number of aliphatic hydroxyl groups excluding tert-OH is 1. The topological polar surface area (TPSA) is 20.2 Å². The Kier molecular flexibility index (Phi) is 2.94. The van der Waals surface area contributed by atoms with Crippen LogP contribution in [0.1, 0.15) is 0 Å². The van der Waals surface area contributed by atoms with E-state index in [4.69, 9.17) is 5.11 Å². The van der Waals surface area contributed by atoms with Gasteiger partial charge in [0.15, 0.2) is 6.10 Å². The van der Waals surface area contributed by atoms with Gasteiger partial charge in [-0.05, 0) is 0 Å². The molecule has 0 heterocycles. The molecule has 1 N–H and O–H groups in total. The Bertz CT molecular complexity index is 128. The van der Waals surface area contributed by atoms with Gasteiger partial charge in [0.05, 0.1) is 0 Å². The van der Waals surface area contributed by atoms with Crippen molar-refractivity contribution < 1.29 is 35.8 Å². The van der Waals surface area contributed by atoms with Crippen LogP contribution in [0.25, 0.3) is 0 Å². The zero-order valence-electron chi connectivity index (χ0n) is 5.25. The summed E-state index contributed by atoms with van der Waals surface area (Å²) in [5.74, 6) is 0. The summed E-state index contributed by atoms with van der Waals surface area (Å²) in [6.07, 6.45) is -19.6. The van der Waals surface area contributed by atoms with Crippen LogP contribution >= 0.6 is 0 Å².